The van der Waals surface area contributed by atoms with E-state index in [-0.39, 0.29) is 17.5 Å². The standard InChI is InChI=1S/C15H14BrFN2O2/c1-10(11-2-5-13(17)6-3-11)18-9-12-4-7-14(19(20)21)8-15(12)16/h2-8,10,18H,9H2,1H3/t10-/m1/s1. The van der Waals surface area contributed by atoms with E-state index in [1.54, 1.807) is 18.2 Å². The molecule has 0 spiro atoms. The van der Waals surface area contributed by atoms with Crippen molar-refractivity contribution in [2.75, 3.05) is 0 Å². The van der Waals surface area contributed by atoms with Gasteiger partial charge in [0.1, 0.15) is 5.82 Å². The smallest absolute Gasteiger partial charge is 0.270 e. The second-order valence-electron chi connectivity index (χ2n) is 4.69. The average molecular weight is 353 g/mol. The predicted molar refractivity (Wildman–Crippen MR) is 82.5 cm³/mol. The zero-order valence-corrected chi connectivity index (χ0v) is 12.9. The first-order valence-electron chi connectivity index (χ1n) is 6.39. The highest BCUT2D eigenvalue weighted by molar-refractivity contribution is 9.10. The summed E-state index contributed by atoms with van der Waals surface area (Å²) in [5, 5.41) is 14.0. The maximum absolute atomic E-state index is 12.9. The molecule has 2 aromatic carbocycles. The van der Waals surface area contributed by atoms with E-state index >= 15 is 0 Å². The Bertz CT molecular complexity index is 647. The van der Waals surface area contributed by atoms with E-state index in [1.807, 2.05) is 6.92 Å². The SMILES string of the molecule is C[C@@H](NCc1ccc([N+](=O)[O-])cc1Br)c1ccc(F)cc1. The van der Waals surface area contributed by atoms with Gasteiger partial charge in [0.25, 0.3) is 5.69 Å². The third-order valence-corrected chi connectivity index (χ3v) is 3.95. The molecule has 0 bridgehead atoms. The van der Waals surface area contributed by atoms with Gasteiger partial charge in [0.15, 0.2) is 0 Å². The molecule has 1 N–H and O–H groups in total. The topological polar surface area (TPSA) is 55.2 Å². The van der Waals surface area contributed by atoms with Crippen LogP contribution in [0, 0.1) is 15.9 Å². The van der Waals surface area contributed by atoms with Gasteiger partial charge in [0, 0.05) is 29.2 Å². The molecule has 0 unspecified atom stereocenters. The van der Waals surface area contributed by atoms with E-state index in [0.29, 0.717) is 11.0 Å². The quantitative estimate of drug-likeness (QED) is 0.642. The molecule has 2 rings (SSSR count). The zero-order valence-electron chi connectivity index (χ0n) is 11.3. The summed E-state index contributed by atoms with van der Waals surface area (Å²) in [5.41, 5.74) is 1.96. The van der Waals surface area contributed by atoms with Gasteiger partial charge in [-0.05, 0) is 36.2 Å². The third kappa shape index (κ3) is 4.09. The highest BCUT2D eigenvalue weighted by Gasteiger charge is 2.10. The summed E-state index contributed by atoms with van der Waals surface area (Å²) in [4.78, 5) is 10.3. The van der Waals surface area contributed by atoms with E-state index in [9.17, 15) is 14.5 Å². The van der Waals surface area contributed by atoms with Crippen molar-refractivity contribution < 1.29 is 9.31 Å². The fourth-order valence-corrected chi connectivity index (χ4v) is 2.43. The fraction of sp³-hybridized carbons (Fsp3) is 0.200. The Hall–Kier alpha value is -1.79. The van der Waals surface area contributed by atoms with Crippen LogP contribution < -0.4 is 5.32 Å². The summed E-state index contributed by atoms with van der Waals surface area (Å²) in [6.45, 7) is 2.53. The van der Waals surface area contributed by atoms with Crippen LogP contribution in [0.4, 0.5) is 10.1 Å². The first kappa shape index (κ1) is 15.6. The molecule has 2 aromatic rings. The fourth-order valence-electron chi connectivity index (χ4n) is 1.93. The lowest BCUT2D eigenvalue weighted by molar-refractivity contribution is -0.384. The summed E-state index contributed by atoms with van der Waals surface area (Å²) in [6, 6.07) is 11.0. The highest BCUT2D eigenvalue weighted by Crippen LogP contribution is 2.23. The highest BCUT2D eigenvalue weighted by atomic mass is 79.9. The van der Waals surface area contributed by atoms with Gasteiger partial charge in [-0.25, -0.2) is 4.39 Å². The van der Waals surface area contributed by atoms with Gasteiger partial charge in [-0.15, -0.1) is 0 Å². The second kappa shape index (κ2) is 6.78. The summed E-state index contributed by atoms with van der Waals surface area (Å²) in [6.07, 6.45) is 0. The zero-order chi connectivity index (χ0) is 15.4. The van der Waals surface area contributed by atoms with E-state index < -0.39 is 4.92 Å². The van der Waals surface area contributed by atoms with Gasteiger partial charge in [-0.1, -0.05) is 28.1 Å². The molecule has 0 radical (unpaired) electrons. The molecule has 0 aromatic heterocycles. The summed E-state index contributed by atoms with van der Waals surface area (Å²) in [7, 11) is 0. The maximum Gasteiger partial charge on any atom is 0.270 e. The largest absolute Gasteiger partial charge is 0.306 e. The first-order chi connectivity index (χ1) is 9.97. The van der Waals surface area contributed by atoms with E-state index in [1.165, 1.54) is 24.3 Å². The second-order valence-corrected chi connectivity index (χ2v) is 5.54. The van der Waals surface area contributed by atoms with Gasteiger partial charge >= 0.3 is 0 Å². The molecule has 21 heavy (non-hydrogen) atoms. The van der Waals surface area contributed by atoms with Crippen molar-refractivity contribution in [2.45, 2.75) is 19.5 Å². The first-order valence-corrected chi connectivity index (χ1v) is 7.18. The average Bonchev–Trinajstić information content (AvgIpc) is 2.46. The summed E-state index contributed by atoms with van der Waals surface area (Å²) < 4.78 is 13.6. The number of benzene rings is 2. The molecule has 110 valence electrons. The molecular formula is C15H14BrFN2O2. The minimum atomic E-state index is -0.427. The monoisotopic (exact) mass is 352 g/mol. The molecule has 0 heterocycles. The number of non-ortho nitro benzene ring substituents is 1. The van der Waals surface area contributed by atoms with Crippen LogP contribution in [0.25, 0.3) is 0 Å². The minimum absolute atomic E-state index is 0.0488. The minimum Gasteiger partial charge on any atom is -0.306 e. The Kier molecular flexibility index (Phi) is 5.03. The van der Waals surface area contributed by atoms with Crippen LogP contribution in [-0.4, -0.2) is 4.92 Å². The van der Waals surface area contributed by atoms with Crippen LogP contribution in [0.5, 0.6) is 0 Å². The van der Waals surface area contributed by atoms with Crippen LogP contribution in [0.15, 0.2) is 46.9 Å². The van der Waals surface area contributed by atoms with E-state index in [2.05, 4.69) is 21.2 Å². The van der Waals surface area contributed by atoms with Gasteiger partial charge in [-0.2, -0.15) is 0 Å². The van der Waals surface area contributed by atoms with Crippen molar-refractivity contribution in [3.63, 3.8) is 0 Å². The third-order valence-electron chi connectivity index (χ3n) is 3.22. The van der Waals surface area contributed by atoms with Crippen LogP contribution in [0.2, 0.25) is 0 Å². The summed E-state index contributed by atoms with van der Waals surface area (Å²) in [5.74, 6) is -0.260. The van der Waals surface area contributed by atoms with E-state index in [4.69, 9.17) is 0 Å². The van der Waals surface area contributed by atoms with Crippen molar-refractivity contribution in [1.29, 1.82) is 0 Å². The lowest BCUT2D eigenvalue weighted by Crippen LogP contribution is -2.18. The Labute approximate surface area is 130 Å². The van der Waals surface area contributed by atoms with Gasteiger partial charge in [0.05, 0.1) is 4.92 Å². The van der Waals surface area contributed by atoms with Gasteiger partial charge in [0.2, 0.25) is 0 Å². The van der Waals surface area contributed by atoms with Crippen molar-refractivity contribution >= 4 is 21.6 Å². The Morgan fingerprint density at radius 1 is 1.29 bits per heavy atom. The Balaban J connectivity index is 2.02. The molecule has 1 atom stereocenters. The van der Waals surface area contributed by atoms with Gasteiger partial charge < -0.3 is 5.32 Å². The molecule has 0 saturated heterocycles. The molecule has 0 aliphatic heterocycles. The Morgan fingerprint density at radius 3 is 2.52 bits per heavy atom. The molecule has 6 heteroatoms. The lowest BCUT2D eigenvalue weighted by atomic mass is 10.1. The van der Waals surface area contributed by atoms with Crippen LogP contribution in [0.1, 0.15) is 24.1 Å². The van der Waals surface area contributed by atoms with Crippen LogP contribution in [-0.2, 0) is 6.54 Å². The number of nitro groups is 1. The maximum atomic E-state index is 12.9. The lowest BCUT2D eigenvalue weighted by Gasteiger charge is -2.15. The molecule has 0 fully saturated rings. The van der Waals surface area contributed by atoms with Crippen molar-refractivity contribution in [2.24, 2.45) is 0 Å². The molecule has 0 saturated carbocycles. The molecule has 4 nitrogen and oxygen atoms in total. The van der Waals surface area contributed by atoms with Crippen molar-refractivity contribution in [1.82, 2.24) is 5.32 Å². The number of halogens is 2. The Morgan fingerprint density at radius 2 is 1.95 bits per heavy atom. The molecule has 0 aliphatic rings. The van der Waals surface area contributed by atoms with E-state index in [0.717, 1.165) is 11.1 Å². The summed E-state index contributed by atoms with van der Waals surface area (Å²) >= 11 is 3.34. The molecule has 0 amide bonds. The number of rotatable bonds is 5. The number of nitro benzene ring substituents is 1. The molecular weight excluding hydrogens is 339 g/mol. The normalized spacial score (nSPS) is 12.1. The van der Waals surface area contributed by atoms with Crippen molar-refractivity contribution in [3.8, 4) is 0 Å². The van der Waals surface area contributed by atoms with Crippen LogP contribution in [0.3, 0.4) is 0 Å². The number of nitrogens with zero attached hydrogens (tertiary/aromatic N) is 1. The van der Waals surface area contributed by atoms with Crippen LogP contribution >= 0.6 is 15.9 Å². The predicted octanol–water partition coefficient (Wildman–Crippen LogP) is 4.35. The van der Waals surface area contributed by atoms with Gasteiger partial charge in [-0.3, -0.25) is 10.1 Å². The van der Waals surface area contributed by atoms with Crippen molar-refractivity contribution in [3.05, 3.63) is 74.0 Å². The molecule has 0 aliphatic carbocycles. The number of hydrogen-bond acceptors (Lipinski definition) is 3. The number of nitrogens with one attached hydrogen (secondary N) is 1. The number of hydrogen-bond donors (Lipinski definition) is 1.